The van der Waals surface area contributed by atoms with Gasteiger partial charge in [0, 0.05) is 23.2 Å². The van der Waals surface area contributed by atoms with Crippen molar-refractivity contribution in [3.8, 4) is 11.5 Å². The molecule has 1 saturated carbocycles. The fraction of sp³-hybridized carbons (Fsp3) is 0.417. The number of carbonyl (C=O) groups is 2. The van der Waals surface area contributed by atoms with E-state index in [1.165, 1.54) is 0 Å². The maximum atomic E-state index is 12.8. The van der Waals surface area contributed by atoms with Crippen molar-refractivity contribution >= 4 is 11.8 Å². The largest absolute Gasteiger partial charge is 0.494 e. The Bertz CT molecular complexity index is 796. The van der Waals surface area contributed by atoms with E-state index >= 15 is 0 Å². The molecule has 1 fully saturated rings. The number of rotatable bonds is 8. The van der Waals surface area contributed by atoms with Crippen LogP contribution < -0.4 is 20.1 Å². The van der Waals surface area contributed by atoms with Gasteiger partial charge >= 0.3 is 0 Å². The minimum atomic E-state index is -0.152. The summed E-state index contributed by atoms with van der Waals surface area (Å²) in [7, 11) is 0. The molecule has 2 aromatic carbocycles. The highest BCUT2D eigenvalue weighted by Crippen LogP contribution is 2.21. The Labute approximate surface area is 178 Å². The highest BCUT2D eigenvalue weighted by atomic mass is 16.5. The lowest BCUT2D eigenvalue weighted by Crippen LogP contribution is -2.53. The topological polar surface area (TPSA) is 76.7 Å². The van der Waals surface area contributed by atoms with Crippen LogP contribution in [0.25, 0.3) is 0 Å². The molecule has 6 heteroatoms. The Morgan fingerprint density at radius 3 is 1.63 bits per heavy atom. The number of ether oxygens (including phenoxy) is 2. The van der Waals surface area contributed by atoms with Crippen molar-refractivity contribution in [3.63, 3.8) is 0 Å². The van der Waals surface area contributed by atoms with Crippen molar-refractivity contribution in [3.05, 3.63) is 59.7 Å². The van der Waals surface area contributed by atoms with Gasteiger partial charge in [0.15, 0.2) is 0 Å². The van der Waals surface area contributed by atoms with Gasteiger partial charge in [0.2, 0.25) is 0 Å². The summed E-state index contributed by atoms with van der Waals surface area (Å²) in [6.45, 7) is 4.91. The molecule has 6 nitrogen and oxygen atoms in total. The maximum Gasteiger partial charge on any atom is 0.251 e. The highest BCUT2D eigenvalue weighted by Gasteiger charge is 2.28. The first-order valence-electron chi connectivity index (χ1n) is 10.7. The van der Waals surface area contributed by atoms with Crippen LogP contribution in [0.15, 0.2) is 48.5 Å². The first-order chi connectivity index (χ1) is 14.6. The Morgan fingerprint density at radius 1 is 0.800 bits per heavy atom. The Morgan fingerprint density at radius 2 is 1.23 bits per heavy atom. The fourth-order valence-corrected chi connectivity index (χ4v) is 3.77. The molecule has 0 radical (unpaired) electrons. The first kappa shape index (κ1) is 21.7. The average molecular weight is 411 g/mol. The molecule has 30 heavy (non-hydrogen) atoms. The van der Waals surface area contributed by atoms with Crippen LogP contribution in [-0.2, 0) is 0 Å². The number of nitrogens with one attached hydrogen (secondary N) is 2. The molecule has 1 aliphatic rings. The fourth-order valence-electron chi connectivity index (χ4n) is 3.77. The summed E-state index contributed by atoms with van der Waals surface area (Å²) in [5.74, 6) is 1.04. The van der Waals surface area contributed by atoms with E-state index in [0.29, 0.717) is 35.8 Å². The molecule has 1 aliphatic carbocycles. The Kier molecular flexibility index (Phi) is 7.71. The van der Waals surface area contributed by atoms with Gasteiger partial charge in [-0.2, -0.15) is 0 Å². The Balaban J connectivity index is 1.66. The summed E-state index contributed by atoms with van der Waals surface area (Å²) < 4.78 is 11.0. The van der Waals surface area contributed by atoms with Gasteiger partial charge in [-0.25, -0.2) is 0 Å². The summed E-state index contributed by atoms with van der Waals surface area (Å²) in [5.41, 5.74) is 1.11. The van der Waals surface area contributed by atoms with Gasteiger partial charge in [-0.3, -0.25) is 9.59 Å². The van der Waals surface area contributed by atoms with E-state index in [1.807, 2.05) is 38.1 Å². The molecule has 2 N–H and O–H groups in total. The van der Waals surface area contributed by atoms with E-state index < -0.39 is 0 Å². The van der Waals surface area contributed by atoms with E-state index in [-0.39, 0.29) is 23.9 Å². The van der Waals surface area contributed by atoms with Crippen molar-refractivity contribution in [1.82, 2.24) is 10.6 Å². The van der Waals surface area contributed by atoms with Gasteiger partial charge in [0.1, 0.15) is 11.5 Å². The molecule has 0 spiro atoms. The number of benzene rings is 2. The lowest BCUT2D eigenvalue weighted by molar-refractivity contribution is 0.0862. The molecule has 0 aliphatic heterocycles. The Hall–Kier alpha value is -3.02. The SMILES string of the molecule is CCOc1cccc(C(=O)N[C@H]2CCCC[C@@H]2NC(=O)c2cccc(OCC)c2)c1. The second-order valence-electron chi connectivity index (χ2n) is 7.37. The van der Waals surface area contributed by atoms with Crippen molar-refractivity contribution in [2.24, 2.45) is 0 Å². The molecule has 3 rings (SSSR count). The lowest BCUT2D eigenvalue weighted by atomic mass is 9.89. The van der Waals surface area contributed by atoms with Crippen LogP contribution in [-0.4, -0.2) is 37.1 Å². The molecule has 0 bridgehead atoms. The summed E-state index contributed by atoms with van der Waals surface area (Å²) in [5, 5.41) is 6.22. The zero-order valence-electron chi connectivity index (χ0n) is 17.6. The molecule has 0 heterocycles. The van der Waals surface area contributed by atoms with Crippen LogP contribution in [0, 0.1) is 0 Å². The maximum absolute atomic E-state index is 12.8. The van der Waals surface area contributed by atoms with Crippen LogP contribution in [0.4, 0.5) is 0 Å². The average Bonchev–Trinajstić information content (AvgIpc) is 2.76. The monoisotopic (exact) mass is 410 g/mol. The van der Waals surface area contributed by atoms with Crippen molar-refractivity contribution in [1.29, 1.82) is 0 Å². The quantitative estimate of drug-likeness (QED) is 0.691. The summed E-state index contributed by atoms with van der Waals surface area (Å²) in [4.78, 5) is 25.6. The molecule has 0 saturated heterocycles. The minimum absolute atomic E-state index is 0.110. The van der Waals surface area contributed by atoms with Gasteiger partial charge in [-0.1, -0.05) is 25.0 Å². The minimum Gasteiger partial charge on any atom is -0.494 e. The van der Waals surface area contributed by atoms with Crippen LogP contribution in [0.3, 0.4) is 0 Å². The van der Waals surface area contributed by atoms with E-state index in [9.17, 15) is 9.59 Å². The molecule has 0 unspecified atom stereocenters. The van der Waals surface area contributed by atoms with Gasteiger partial charge in [-0.15, -0.1) is 0 Å². The van der Waals surface area contributed by atoms with Crippen molar-refractivity contribution in [2.45, 2.75) is 51.6 Å². The molecular formula is C24H30N2O4. The summed E-state index contributed by atoms with van der Waals surface area (Å²) in [6, 6.07) is 14.1. The van der Waals surface area contributed by atoms with Gasteiger partial charge in [-0.05, 0) is 63.1 Å². The molecule has 2 aromatic rings. The van der Waals surface area contributed by atoms with Crippen molar-refractivity contribution in [2.75, 3.05) is 13.2 Å². The lowest BCUT2D eigenvalue weighted by Gasteiger charge is -2.33. The van der Waals surface area contributed by atoms with E-state index in [0.717, 1.165) is 25.7 Å². The second kappa shape index (κ2) is 10.7. The first-order valence-corrected chi connectivity index (χ1v) is 10.7. The zero-order valence-corrected chi connectivity index (χ0v) is 17.6. The number of hydrogen-bond acceptors (Lipinski definition) is 4. The van der Waals surface area contributed by atoms with Crippen LogP contribution in [0.5, 0.6) is 11.5 Å². The molecule has 2 atom stereocenters. The number of carbonyl (C=O) groups excluding carboxylic acids is 2. The zero-order chi connectivity index (χ0) is 21.3. The molecule has 160 valence electrons. The summed E-state index contributed by atoms with van der Waals surface area (Å²) in [6.07, 6.45) is 3.72. The standard InChI is InChI=1S/C24H30N2O4/c1-3-29-19-11-7-9-17(15-19)23(27)25-21-13-5-6-14-22(21)26-24(28)18-10-8-12-20(16-18)30-4-2/h7-12,15-16,21-22H,3-6,13-14H2,1-2H3,(H,25,27)(H,26,28)/t21-,22-/m0/s1. The third kappa shape index (κ3) is 5.75. The second-order valence-corrected chi connectivity index (χ2v) is 7.37. The highest BCUT2D eigenvalue weighted by molar-refractivity contribution is 5.96. The number of hydrogen-bond donors (Lipinski definition) is 2. The third-order valence-electron chi connectivity index (χ3n) is 5.21. The van der Waals surface area contributed by atoms with Crippen LogP contribution in [0.1, 0.15) is 60.2 Å². The van der Waals surface area contributed by atoms with Crippen LogP contribution >= 0.6 is 0 Å². The summed E-state index contributed by atoms with van der Waals surface area (Å²) >= 11 is 0. The van der Waals surface area contributed by atoms with Crippen LogP contribution in [0.2, 0.25) is 0 Å². The number of amides is 2. The molecule has 0 aromatic heterocycles. The van der Waals surface area contributed by atoms with E-state index in [4.69, 9.17) is 9.47 Å². The molecule has 2 amide bonds. The molecular weight excluding hydrogens is 380 g/mol. The predicted octanol–water partition coefficient (Wildman–Crippen LogP) is 3.96. The third-order valence-corrected chi connectivity index (χ3v) is 5.21. The van der Waals surface area contributed by atoms with E-state index in [1.54, 1.807) is 24.3 Å². The van der Waals surface area contributed by atoms with Gasteiger partial charge in [0.05, 0.1) is 13.2 Å². The van der Waals surface area contributed by atoms with Crippen molar-refractivity contribution < 1.29 is 19.1 Å². The predicted molar refractivity (Wildman–Crippen MR) is 116 cm³/mol. The van der Waals surface area contributed by atoms with Gasteiger partial charge in [0.25, 0.3) is 11.8 Å². The smallest absolute Gasteiger partial charge is 0.251 e. The normalized spacial score (nSPS) is 18.3. The van der Waals surface area contributed by atoms with E-state index in [2.05, 4.69) is 10.6 Å². The van der Waals surface area contributed by atoms with Gasteiger partial charge < -0.3 is 20.1 Å².